The molecule has 0 N–H and O–H groups in total. The highest BCUT2D eigenvalue weighted by molar-refractivity contribution is 5.82. The van der Waals surface area contributed by atoms with E-state index >= 15 is 0 Å². The number of rotatable bonds is 2. The predicted molar refractivity (Wildman–Crippen MR) is 97.0 cm³/mol. The average molecular weight is 354 g/mol. The number of aromatic nitrogens is 4. The number of nitrogens with zero attached hydrogens (tertiary/aromatic N) is 6. The maximum Gasteiger partial charge on any atom is 0.239 e. The number of carbonyl (C=O) groups is 1. The molecule has 2 fully saturated rings. The second-order valence-corrected chi connectivity index (χ2v) is 8.03. The Morgan fingerprint density at radius 3 is 2.73 bits per heavy atom. The van der Waals surface area contributed by atoms with Crippen LogP contribution < -0.4 is 0 Å². The van der Waals surface area contributed by atoms with Crippen molar-refractivity contribution in [3.05, 3.63) is 23.1 Å². The standard InChI is InChI=1S/C19H26N6O/c1-23-9-3-6-16(19(23)26)24-10-7-13(8-11-24)18-21-20-17-12-14-4-2-5-15(14)22-25(17)18/h12-13,16H,2-11H2,1H3. The molecule has 1 aliphatic carbocycles. The van der Waals surface area contributed by atoms with Gasteiger partial charge in [0.25, 0.3) is 0 Å². The molecule has 1 unspecified atom stereocenters. The van der Waals surface area contributed by atoms with E-state index < -0.39 is 0 Å². The van der Waals surface area contributed by atoms with Crippen molar-refractivity contribution in [2.45, 2.75) is 56.9 Å². The summed E-state index contributed by atoms with van der Waals surface area (Å²) in [5.74, 6) is 1.67. The second kappa shape index (κ2) is 6.30. The zero-order chi connectivity index (χ0) is 17.7. The molecular weight excluding hydrogens is 328 g/mol. The van der Waals surface area contributed by atoms with Crippen LogP contribution in [-0.2, 0) is 17.6 Å². The van der Waals surface area contributed by atoms with Crippen molar-refractivity contribution in [1.82, 2.24) is 29.6 Å². The summed E-state index contributed by atoms with van der Waals surface area (Å²) in [7, 11) is 1.92. The van der Waals surface area contributed by atoms with Crippen LogP contribution in [0.15, 0.2) is 6.07 Å². The monoisotopic (exact) mass is 354 g/mol. The highest BCUT2D eigenvalue weighted by atomic mass is 16.2. The first-order valence-electron chi connectivity index (χ1n) is 9.94. The molecule has 0 spiro atoms. The van der Waals surface area contributed by atoms with Gasteiger partial charge in [-0.3, -0.25) is 9.69 Å². The van der Waals surface area contributed by atoms with Gasteiger partial charge in [0.2, 0.25) is 5.91 Å². The number of amides is 1. The van der Waals surface area contributed by atoms with Crippen molar-refractivity contribution in [2.24, 2.45) is 0 Å². The molecule has 2 saturated heterocycles. The molecule has 0 saturated carbocycles. The Morgan fingerprint density at radius 2 is 1.88 bits per heavy atom. The van der Waals surface area contributed by atoms with E-state index in [4.69, 9.17) is 5.10 Å². The quantitative estimate of drug-likeness (QED) is 0.816. The Labute approximate surface area is 153 Å². The Hall–Kier alpha value is -2.02. The third-order valence-corrected chi connectivity index (χ3v) is 6.41. The third-order valence-electron chi connectivity index (χ3n) is 6.41. The Kier molecular flexibility index (Phi) is 3.92. The summed E-state index contributed by atoms with van der Waals surface area (Å²) in [5.41, 5.74) is 3.44. The second-order valence-electron chi connectivity index (χ2n) is 8.03. The molecule has 2 aromatic heterocycles. The number of carbonyl (C=O) groups excluding carboxylic acids is 1. The summed E-state index contributed by atoms with van der Waals surface area (Å²) in [6.45, 7) is 2.80. The lowest BCUT2D eigenvalue weighted by Gasteiger charge is -2.40. The zero-order valence-corrected chi connectivity index (χ0v) is 15.4. The van der Waals surface area contributed by atoms with Gasteiger partial charge in [0.1, 0.15) is 0 Å². The van der Waals surface area contributed by atoms with E-state index in [2.05, 4.69) is 21.2 Å². The van der Waals surface area contributed by atoms with Crippen LogP contribution >= 0.6 is 0 Å². The third kappa shape index (κ3) is 2.60. The van der Waals surface area contributed by atoms with Crippen molar-refractivity contribution in [2.75, 3.05) is 26.7 Å². The summed E-state index contributed by atoms with van der Waals surface area (Å²) >= 11 is 0. The maximum absolute atomic E-state index is 12.5. The van der Waals surface area contributed by atoms with Gasteiger partial charge in [-0.15, -0.1) is 10.2 Å². The van der Waals surface area contributed by atoms with Crippen molar-refractivity contribution >= 4 is 11.6 Å². The number of likely N-dealkylation sites (N-methyl/N-ethyl adjacent to an activating group) is 1. The summed E-state index contributed by atoms with van der Waals surface area (Å²) in [5, 5.41) is 13.7. The van der Waals surface area contributed by atoms with Gasteiger partial charge < -0.3 is 4.90 Å². The SMILES string of the molecule is CN1CCCC(N2CCC(c3nnc4cc5c(nn34)CCC5)CC2)C1=O. The molecule has 0 bridgehead atoms. The van der Waals surface area contributed by atoms with Gasteiger partial charge in [0, 0.05) is 19.5 Å². The van der Waals surface area contributed by atoms with E-state index in [0.717, 1.165) is 69.6 Å². The summed E-state index contributed by atoms with van der Waals surface area (Å²) in [6.07, 6.45) is 7.52. The van der Waals surface area contributed by atoms with Gasteiger partial charge >= 0.3 is 0 Å². The Morgan fingerprint density at radius 1 is 1.04 bits per heavy atom. The van der Waals surface area contributed by atoms with Crippen molar-refractivity contribution < 1.29 is 4.79 Å². The van der Waals surface area contributed by atoms with Gasteiger partial charge in [-0.25, -0.2) is 0 Å². The lowest BCUT2D eigenvalue weighted by Crippen LogP contribution is -2.53. The molecule has 4 heterocycles. The molecule has 0 radical (unpaired) electrons. The molecule has 3 aliphatic rings. The van der Waals surface area contributed by atoms with Crippen LogP contribution in [0.2, 0.25) is 0 Å². The predicted octanol–water partition coefficient (Wildman–Crippen LogP) is 1.41. The first-order valence-corrected chi connectivity index (χ1v) is 9.94. The average Bonchev–Trinajstić information content (AvgIpc) is 3.28. The molecule has 7 heteroatoms. The normalized spacial score (nSPS) is 25.2. The maximum atomic E-state index is 12.5. The molecular formula is C19H26N6O. The molecule has 1 amide bonds. The number of fused-ring (bicyclic) bond motifs is 2. The van der Waals surface area contributed by atoms with Crippen LogP contribution in [-0.4, -0.2) is 68.2 Å². The topological polar surface area (TPSA) is 66.6 Å². The molecule has 7 nitrogen and oxygen atoms in total. The molecule has 138 valence electrons. The van der Waals surface area contributed by atoms with Gasteiger partial charge in [-0.05, 0) is 69.7 Å². The fraction of sp³-hybridized carbons (Fsp3) is 0.684. The number of aryl methyl sites for hydroxylation is 2. The lowest BCUT2D eigenvalue weighted by atomic mass is 9.93. The minimum atomic E-state index is 0.0752. The van der Waals surface area contributed by atoms with Crippen LogP contribution in [0, 0.1) is 0 Å². The minimum absolute atomic E-state index is 0.0752. The van der Waals surface area contributed by atoms with Crippen molar-refractivity contribution in [3.63, 3.8) is 0 Å². The van der Waals surface area contributed by atoms with E-state index in [1.54, 1.807) is 0 Å². The van der Waals surface area contributed by atoms with Gasteiger partial charge in [0.15, 0.2) is 11.5 Å². The van der Waals surface area contributed by atoms with Crippen LogP contribution in [0.25, 0.3) is 5.65 Å². The van der Waals surface area contributed by atoms with Crippen molar-refractivity contribution in [1.29, 1.82) is 0 Å². The summed E-state index contributed by atoms with van der Waals surface area (Å²) in [4.78, 5) is 16.7. The Balaban J connectivity index is 1.33. The number of hydrogen-bond acceptors (Lipinski definition) is 5. The highest BCUT2D eigenvalue weighted by Gasteiger charge is 2.35. The van der Waals surface area contributed by atoms with Crippen molar-refractivity contribution in [3.8, 4) is 0 Å². The van der Waals surface area contributed by atoms with Crippen LogP contribution in [0.5, 0.6) is 0 Å². The smallest absolute Gasteiger partial charge is 0.239 e. The van der Waals surface area contributed by atoms with E-state index in [0.29, 0.717) is 11.8 Å². The molecule has 5 rings (SSSR count). The summed E-state index contributed by atoms with van der Waals surface area (Å²) < 4.78 is 1.98. The van der Waals surface area contributed by atoms with Gasteiger partial charge in [0.05, 0.1) is 11.7 Å². The zero-order valence-electron chi connectivity index (χ0n) is 15.4. The highest BCUT2D eigenvalue weighted by Crippen LogP contribution is 2.30. The van der Waals surface area contributed by atoms with Gasteiger partial charge in [-0.1, -0.05) is 0 Å². The largest absolute Gasteiger partial charge is 0.344 e. The Bertz CT molecular complexity index is 838. The first-order chi connectivity index (χ1) is 12.7. The van der Waals surface area contributed by atoms with E-state index in [1.165, 1.54) is 17.7 Å². The molecule has 2 aromatic rings. The number of piperidine rings is 2. The molecule has 0 aromatic carbocycles. The summed E-state index contributed by atoms with van der Waals surface area (Å²) in [6, 6.07) is 2.24. The van der Waals surface area contributed by atoms with Crippen LogP contribution in [0.1, 0.15) is 55.1 Å². The molecule has 26 heavy (non-hydrogen) atoms. The fourth-order valence-electron chi connectivity index (χ4n) is 4.87. The van der Waals surface area contributed by atoms with E-state index in [-0.39, 0.29) is 6.04 Å². The van der Waals surface area contributed by atoms with E-state index in [9.17, 15) is 4.79 Å². The van der Waals surface area contributed by atoms with Crippen LogP contribution in [0.4, 0.5) is 0 Å². The minimum Gasteiger partial charge on any atom is -0.344 e. The number of likely N-dealkylation sites (tertiary alicyclic amines) is 2. The van der Waals surface area contributed by atoms with E-state index in [1.807, 2.05) is 16.5 Å². The lowest BCUT2D eigenvalue weighted by molar-refractivity contribution is -0.139. The first kappa shape index (κ1) is 16.2. The van der Waals surface area contributed by atoms with Crippen LogP contribution in [0.3, 0.4) is 0 Å². The fourth-order valence-corrected chi connectivity index (χ4v) is 4.87. The molecule has 2 aliphatic heterocycles. The number of hydrogen-bond donors (Lipinski definition) is 0. The van der Waals surface area contributed by atoms with Gasteiger partial charge in [-0.2, -0.15) is 9.61 Å². The molecule has 1 atom stereocenters.